The second-order valence-electron chi connectivity index (χ2n) is 3.75. The summed E-state index contributed by atoms with van der Waals surface area (Å²) in [6, 6.07) is 1.56. The van der Waals surface area contributed by atoms with Crippen LogP contribution < -0.4 is 5.69 Å². The molecule has 0 saturated carbocycles. The number of aliphatic hydroxyl groups excluding tert-OH is 2. The number of rotatable bonds is 3. The van der Waals surface area contributed by atoms with Gasteiger partial charge in [0, 0.05) is 19.5 Å². The van der Waals surface area contributed by atoms with Crippen molar-refractivity contribution in [3.8, 4) is 0 Å². The molecule has 1 aromatic rings. The van der Waals surface area contributed by atoms with Gasteiger partial charge >= 0.3 is 5.69 Å². The van der Waals surface area contributed by atoms with E-state index in [0.29, 0.717) is 0 Å². The van der Waals surface area contributed by atoms with Crippen molar-refractivity contribution in [3.05, 3.63) is 28.9 Å². The molecule has 1 aromatic heterocycles. The van der Waals surface area contributed by atoms with Gasteiger partial charge in [0.25, 0.3) is 0 Å². The van der Waals surface area contributed by atoms with Crippen molar-refractivity contribution in [2.24, 2.45) is 0 Å². The van der Waals surface area contributed by atoms with Gasteiger partial charge in [-0.1, -0.05) is 0 Å². The SMILES string of the molecule is CO[C@H]1[C@@H](O)[C@H](n2cccnc2=O)O[C@@H]1CO. The Hall–Kier alpha value is -1.28. The smallest absolute Gasteiger partial charge is 0.349 e. The van der Waals surface area contributed by atoms with Gasteiger partial charge in [0.15, 0.2) is 6.23 Å². The Morgan fingerprint density at radius 1 is 1.65 bits per heavy atom. The van der Waals surface area contributed by atoms with Crippen LogP contribution in [0.5, 0.6) is 0 Å². The zero-order valence-corrected chi connectivity index (χ0v) is 9.26. The van der Waals surface area contributed by atoms with Crippen molar-refractivity contribution in [1.29, 1.82) is 0 Å². The Morgan fingerprint density at radius 2 is 2.41 bits per heavy atom. The molecule has 7 nitrogen and oxygen atoms in total. The minimum absolute atomic E-state index is 0.291. The van der Waals surface area contributed by atoms with Gasteiger partial charge in [-0.05, 0) is 6.07 Å². The van der Waals surface area contributed by atoms with Crippen LogP contribution in [-0.2, 0) is 9.47 Å². The molecule has 0 aliphatic carbocycles. The lowest BCUT2D eigenvalue weighted by atomic mass is 10.1. The Bertz CT molecular complexity index is 435. The second kappa shape index (κ2) is 4.92. The van der Waals surface area contributed by atoms with Crippen LogP contribution >= 0.6 is 0 Å². The van der Waals surface area contributed by atoms with Crippen molar-refractivity contribution >= 4 is 0 Å². The fraction of sp³-hybridized carbons (Fsp3) is 0.600. The molecule has 0 aromatic carbocycles. The van der Waals surface area contributed by atoms with E-state index in [9.17, 15) is 9.90 Å². The predicted octanol–water partition coefficient (Wildman–Crippen LogP) is -1.49. The molecule has 0 radical (unpaired) electrons. The molecule has 7 heteroatoms. The number of aromatic nitrogens is 2. The number of ether oxygens (including phenoxy) is 2. The molecule has 1 aliphatic heterocycles. The maximum atomic E-state index is 11.5. The van der Waals surface area contributed by atoms with Crippen molar-refractivity contribution in [2.45, 2.75) is 24.5 Å². The van der Waals surface area contributed by atoms with Gasteiger partial charge in [-0.25, -0.2) is 9.78 Å². The summed E-state index contributed by atoms with van der Waals surface area (Å²) in [6.45, 7) is -0.291. The maximum Gasteiger partial charge on any atom is 0.349 e. The highest BCUT2D eigenvalue weighted by Crippen LogP contribution is 2.29. The minimum atomic E-state index is -1.03. The molecule has 0 unspecified atom stereocenters. The zero-order valence-electron chi connectivity index (χ0n) is 9.26. The standard InChI is InChI=1S/C10H14N2O5/c1-16-8-6(5-13)17-9(7(8)14)12-4-2-3-11-10(12)15/h2-4,6-9,13-14H,5H2,1H3/t6-,7-,8-,9-/m1/s1. The molecular formula is C10H14N2O5. The molecule has 17 heavy (non-hydrogen) atoms. The first-order valence-electron chi connectivity index (χ1n) is 5.19. The highest BCUT2D eigenvalue weighted by molar-refractivity contribution is 4.93. The first kappa shape index (κ1) is 12.2. The predicted molar refractivity (Wildman–Crippen MR) is 56.3 cm³/mol. The van der Waals surface area contributed by atoms with Crippen molar-refractivity contribution < 1.29 is 19.7 Å². The summed E-state index contributed by atoms with van der Waals surface area (Å²) in [4.78, 5) is 15.1. The molecule has 4 atom stereocenters. The number of nitrogens with zero attached hydrogens (tertiary/aromatic N) is 2. The van der Waals surface area contributed by atoms with Gasteiger partial charge in [-0.3, -0.25) is 4.57 Å². The Kier molecular flexibility index (Phi) is 3.53. The van der Waals surface area contributed by atoms with Crippen LogP contribution in [0, 0.1) is 0 Å². The highest BCUT2D eigenvalue weighted by Gasteiger charge is 2.44. The van der Waals surface area contributed by atoms with Crippen LogP contribution in [0.25, 0.3) is 0 Å². The van der Waals surface area contributed by atoms with Gasteiger partial charge in [-0.15, -0.1) is 0 Å². The third-order valence-corrected chi connectivity index (χ3v) is 2.77. The fourth-order valence-corrected chi connectivity index (χ4v) is 1.95. The van der Waals surface area contributed by atoms with Gasteiger partial charge < -0.3 is 19.7 Å². The van der Waals surface area contributed by atoms with Crippen LogP contribution in [0.4, 0.5) is 0 Å². The first-order valence-corrected chi connectivity index (χ1v) is 5.19. The van der Waals surface area contributed by atoms with E-state index in [1.807, 2.05) is 0 Å². The van der Waals surface area contributed by atoms with Crippen molar-refractivity contribution in [3.63, 3.8) is 0 Å². The van der Waals surface area contributed by atoms with Crippen LogP contribution in [-0.4, -0.2) is 51.8 Å². The lowest BCUT2D eigenvalue weighted by molar-refractivity contribution is -0.0568. The summed E-state index contributed by atoms with van der Waals surface area (Å²) in [5.74, 6) is 0. The van der Waals surface area contributed by atoms with E-state index >= 15 is 0 Å². The molecule has 1 fully saturated rings. The average molecular weight is 242 g/mol. The number of methoxy groups -OCH3 is 1. The molecule has 1 aliphatic rings. The van der Waals surface area contributed by atoms with Gasteiger partial charge in [0.05, 0.1) is 6.61 Å². The van der Waals surface area contributed by atoms with Crippen molar-refractivity contribution in [1.82, 2.24) is 9.55 Å². The van der Waals surface area contributed by atoms with Crippen LogP contribution in [0.1, 0.15) is 6.23 Å². The monoisotopic (exact) mass is 242 g/mol. The van der Waals surface area contributed by atoms with Gasteiger partial charge in [-0.2, -0.15) is 0 Å². The summed E-state index contributed by atoms with van der Waals surface area (Å²) < 4.78 is 11.6. The topological polar surface area (TPSA) is 93.8 Å². The lowest BCUT2D eigenvalue weighted by Gasteiger charge is -2.17. The summed E-state index contributed by atoms with van der Waals surface area (Å²) in [5, 5.41) is 19.1. The third-order valence-electron chi connectivity index (χ3n) is 2.77. The van der Waals surface area contributed by atoms with E-state index in [-0.39, 0.29) is 6.61 Å². The fourth-order valence-electron chi connectivity index (χ4n) is 1.95. The average Bonchev–Trinajstić information content (AvgIpc) is 2.66. The van der Waals surface area contributed by atoms with Crippen LogP contribution in [0.3, 0.4) is 0 Å². The van der Waals surface area contributed by atoms with Crippen LogP contribution in [0.2, 0.25) is 0 Å². The Morgan fingerprint density at radius 3 is 2.94 bits per heavy atom. The van der Waals surface area contributed by atoms with Gasteiger partial charge in [0.2, 0.25) is 0 Å². The van der Waals surface area contributed by atoms with E-state index in [2.05, 4.69) is 4.98 Å². The summed E-state index contributed by atoms with van der Waals surface area (Å²) in [7, 11) is 1.41. The van der Waals surface area contributed by atoms with Crippen molar-refractivity contribution in [2.75, 3.05) is 13.7 Å². The van der Waals surface area contributed by atoms with E-state index in [1.54, 1.807) is 6.07 Å². The number of hydrogen-bond acceptors (Lipinski definition) is 6. The van der Waals surface area contributed by atoms with Crippen LogP contribution in [0.15, 0.2) is 23.3 Å². The lowest BCUT2D eigenvalue weighted by Crippen LogP contribution is -2.37. The van der Waals surface area contributed by atoms with E-state index in [0.717, 1.165) is 0 Å². The Labute approximate surface area is 97.2 Å². The molecule has 1 saturated heterocycles. The summed E-state index contributed by atoms with van der Waals surface area (Å²) in [5.41, 5.74) is -0.523. The highest BCUT2D eigenvalue weighted by atomic mass is 16.6. The van der Waals surface area contributed by atoms with E-state index in [1.165, 1.54) is 24.1 Å². The van der Waals surface area contributed by atoms with Gasteiger partial charge in [0.1, 0.15) is 18.3 Å². The normalized spacial score (nSPS) is 32.9. The first-order chi connectivity index (χ1) is 8.19. The molecule has 2 heterocycles. The maximum absolute atomic E-state index is 11.5. The third kappa shape index (κ3) is 2.09. The van der Waals surface area contributed by atoms with E-state index in [4.69, 9.17) is 14.6 Å². The molecule has 0 amide bonds. The second-order valence-corrected chi connectivity index (χ2v) is 3.75. The zero-order chi connectivity index (χ0) is 12.4. The molecule has 2 rings (SSSR count). The molecule has 2 N–H and O–H groups in total. The largest absolute Gasteiger partial charge is 0.394 e. The minimum Gasteiger partial charge on any atom is -0.394 e. The number of aliphatic hydroxyl groups is 2. The summed E-state index contributed by atoms with van der Waals surface area (Å²) >= 11 is 0. The molecule has 0 spiro atoms. The summed E-state index contributed by atoms with van der Waals surface area (Å²) in [6.07, 6.45) is -0.422. The Balaban J connectivity index is 2.30. The quantitative estimate of drug-likeness (QED) is 0.670. The molecular weight excluding hydrogens is 228 g/mol. The molecule has 94 valence electrons. The molecule has 0 bridgehead atoms. The van der Waals surface area contributed by atoms with E-state index < -0.39 is 30.2 Å². The number of hydrogen-bond donors (Lipinski definition) is 2.